The van der Waals surface area contributed by atoms with Crippen LogP contribution < -0.4 is 19.6 Å². The highest BCUT2D eigenvalue weighted by Gasteiger charge is 2.35. The number of thiazole rings is 1. The topological polar surface area (TPSA) is 69.9 Å². The Kier molecular flexibility index (Phi) is 7.53. The lowest BCUT2D eigenvalue weighted by atomic mass is 9.93. The van der Waals surface area contributed by atoms with Gasteiger partial charge in [0.05, 0.1) is 28.5 Å². The maximum atomic E-state index is 13.9. The first-order chi connectivity index (χ1) is 19.0. The van der Waals surface area contributed by atoms with Crippen LogP contribution in [0.4, 0.5) is 4.39 Å². The molecule has 39 heavy (non-hydrogen) atoms. The number of carbonyl (C=O) groups excluding carboxylic acids is 1. The number of esters is 1. The second-order valence-electron chi connectivity index (χ2n) is 8.55. The number of ether oxygens (including phenoxy) is 2. The van der Waals surface area contributed by atoms with E-state index in [1.165, 1.54) is 28.0 Å². The van der Waals surface area contributed by atoms with Crippen molar-refractivity contribution >= 4 is 29.1 Å². The van der Waals surface area contributed by atoms with Crippen molar-refractivity contribution in [1.29, 1.82) is 0 Å². The second kappa shape index (κ2) is 11.3. The van der Waals surface area contributed by atoms with E-state index in [0.717, 1.165) is 5.56 Å². The highest BCUT2D eigenvalue weighted by atomic mass is 32.1. The van der Waals surface area contributed by atoms with Gasteiger partial charge in [0.1, 0.15) is 18.2 Å². The van der Waals surface area contributed by atoms with E-state index >= 15 is 0 Å². The second-order valence-corrected chi connectivity index (χ2v) is 9.56. The number of hydrogen-bond acceptors (Lipinski definition) is 6. The third kappa shape index (κ3) is 5.31. The van der Waals surface area contributed by atoms with Gasteiger partial charge in [0, 0.05) is 5.56 Å². The van der Waals surface area contributed by atoms with Crippen molar-refractivity contribution in [3.05, 3.63) is 127 Å². The molecule has 0 saturated heterocycles. The molecule has 1 atom stereocenters. The summed E-state index contributed by atoms with van der Waals surface area (Å²) in [6.45, 7) is 1.98. The molecule has 2 heterocycles. The number of carbonyl (C=O) groups is 1. The zero-order chi connectivity index (χ0) is 27.4. The van der Waals surface area contributed by atoms with Crippen molar-refractivity contribution in [1.82, 2.24) is 4.57 Å². The van der Waals surface area contributed by atoms with Crippen molar-refractivity contribution < 1.29 is 18.7 Å². The number of rotatable bonds is 7. The van der Waals surface area contributed by atoms with Crippen LogP contribution in [0.2, 0.25) is 0 Å². The van der Waals surface area contributed by atoms with Crippen LogP contribution in [0.15, 0.2) is 94.2 Å². The van der Waals surface area contributed by atoms with Crippen molar-refractivity contribution in [3.63, 3.8) is 0 Å². The molecule has 0 unspecified atom stereocenters. The minimum absolute atomic E-state index is 0.127. The van der Waals surface area contributed by atoms with Gasteiger partial charge >= 0.3 is 5.97 Å². The lowest BCUT2D eigenvalue weighted by Gasteiger charge is -2.25. The van der Waals surface area contributed by atoms with Crippen molar-refractivity contribution in [3.8, 4) is 18.1 Å². The number of fused-ring (bicyclic) bond motifs is 1. The summed E-state index contributed by atoms with van der Waals surface area (Å²) in [4.78, 5) is 32.5. The van der Waals surface area contributed by atoms with Gasteiger partial charge in [-0.1, -0.05) is 71.9 Å². The molecule has 194 valence electrons. The van der Waals surface area contributed by atoms with Gasteiger partial charge in [-0.05, 0) is 48.4 Å². The van der Waals surface area contributed by atoms with E-state index in [4.69, 9.17) is 20.9 Å². The largest absolute Gasteiger partial charge is 0.481 e. The number of hydrogen-bond donors (Lipinski definition) is 0. The number of terminal acetylenes is 1. The minimum atomic E-state index is -0.872. The zero-order valence-electron chi connectivity index (χ0n) is 21.0. The Morgan fingerprint density at radius 1 is 1.13 bits per heavy atom. The van der Waals surface area contributed by atoms with Crippen molar-refractivity contribution in [2.75, 3.05) is 13.2 Å². The lowest BCUT2D eigenvalue weighted by molar-refractivity contribution is -0.138. The predicted molar refractivity (Wildman–Crippen MR) is 148 cm³/mol. The van der Waals surface area contributed by atoms with Crippen LogP contribution in [-0.4, -0.2) is 23.8 Å². The highest BCUT2D eigenvalue weighted by molar-refractivity contribution is 7.07. The van der Waals surface area contributed by atoms with Crippen LogP contribution in [0.25, 0.3) is 11.8 Å². The van der Waals surface area contributed by atoms with Crippen LogP contribution in [0.5, 0.6) is 5.75 Å². The Labute approximate surface area is 228 Å². The highest BCUT2D eigenvalue weighted by Crippen LogP contribution is 2.35. The molecule has 0 saturated carbocycles. The van der Waals surface area contributed by atoms with Gasteiger partial charge in [-0.3, -0.25) is 9.36 Å². The fourth-order valence-corrected chi connectivity index (χ4v) is 5.37. The molecule has 5 rings (SSSR count). The first kappa shape index (κ1) is 25.9. The Hall–Kier alpha value is -4.74. The normalized spacial score (nSPS) is 14.8. The molecule has 8 heteroatoms. The van der Waals surface area contributed by atoms with E-state index in [1.807, 2.05) is 42.5 Å². The summed E-state index contributed by atoms with van der Waals surface area (Å²) in [6, 6.07) is 21.3. The molecule has 0 radical (unpaired) electrons. The predicted octanol–water partition coefficient (Wildman–Crippen LogP) is 4.09. The fraction of sp³-hybridized carbons (Fsp3) is 0.129. The molecule has 1 aliphatic heterocycles. The first-order valence-electron chi connectivity index (χ1n) is 12.2. The van der Waals surface area contributed by atoms with E-state index in [2.05, 4.69) is 5.92 Å². The smallest absolute Gasteiger partial charge is 0.338 e. The molecular formula is C31H23FN2O4S. The van der Waals surface area contributed by atoms with Gasteiger partial charge in [0.2, 0.25) is 0 Å². The van der Waals surface area contributed by atoms with E-state index in [1.54, 1.807) is 37.3 Å². The standard InChI is InChI=1S/C31H23FN2O4S/c1-3-17-38-24-12-8-9-20(18-24)19-25-29(35)34-28(22-13-15-23(32)16-14-22)26(30(36)37-4-2)27(33-31(34)39-25)21-10-6-5-7-11-21/h1,5-16,18-19,28H,4,17H2,2H3/b25-19-/t28-/m0/s1. The molecule has 0 amide bonds. The van der Waals surface area contributed by atoms with Crippen LogP contribution >= 0.6 is 11.3 Å². The van der Waals surface area contributed by atoms with Gasteiger partial charge in [0.15, 0.2) is 4.80 Å². The monoisotopic (exact) mass is 538 g/mol. The van der Waals surface area contributed by atoms with Gasteiger partial charge in [0.25, 0.3) is 5.56 Å². The van der Waals surface area contributed by atoms with E-state index in [9.17, 15) is 14.0 Å². The van der Waals surface area contributed by atoms with Crippen LogP contribution in [0.3, 0.4) is 0 Å². The molecule has 0 bridgehead atoms. The molecular weight excluding hydrogens is 515 g/mol. The average molecular weight is 539 g/mol. The Balaban J connectivity index is 1.76. The van der Waals surface area contributed by atoms with Gasteiger partial charge in [-0.15, -0.1) is 6.42 Å². The molecule has 6 nitrogen and oxygen atoms in total. The van der Waals surface area contributed by atoms with E-state index in [-0.39, 0.29) is 24.3 Å². The number of halogens is 1. The van der Waals surface area contributed by atoms with Gasteiger partial charge in [-0.2, -0.15) is 0 Å². The third-order valence-electron chi connectivity index (χ3n) is 6.04. The molecule has 0 fully saturated rings. The molecule has 4 aromatic rings. The summed E-state index contributed by atoms with van der Waals surface area (Å²) in [5.41, 5.74) is 2.26. The maximum absolute atomic E-state index is 13.9. The summed E-state index contributed by atoms with van der Waals surface area (Å²) in [5.74, 6) is 1.98. The van der Waals surface area contributed by atoms with Crippen molar-refractivity contribution in [2.45, 2.75) is 13.0 Å². The lowest BCUT2D eigenvalue weighted by Crippen LogP contribution is -2.40. The van der Waals surface area contributed by atoms with E-state index < -0.39 is 17.8 Å². The van der Waals surface area contributed by atoms with Crippen LogP contribution in [-0.2, 0) is 9.53 Å². The fourth-order valence-electron chi connectivity index (χ4n) is 4.37. The summed E-state index contributed by atoms with van der Waals surface area (Å²) < 4.78 is 26.7. The number of benzene rings is 3. The quantitative estimate of drug-likeness (QED) is 0.263. The Morgan fingerprint density at radius 3 is 2.62 bits per heavy atom. The zero-order valence-corrected chi connectivity index (χ0v) is 21.8. The summed E-state index contributed by atoms with van der Waals surface area (Å²) >= 11 is 1.20. The molecule has 1 aliphatic rings. The van der Waals surface area contributed by atoms with Crippen molar-refractivity contribution in [2.24, 2.45) is 4.99 Å². The Morgan fingerprint density at radius 2 is 1.90 bits per heavy atom. The molecule has 3 aromatic carbocycles. The summed E-state index contributed by atoms with van der Waals surface area (Å²) in [7, 11) is 0. The third-order valence-corrected chi connectivity index (χ3v) is 7.02. The molecule has 0 N–H and O–H groups in total. The maximum Gasteiger partial charge on any atom is 0.338 e. The van der Waals surface area contributed by atoms with Gasteiger partial charge in [-0.25, -0.2) is 14.2 Å². The first-order valence-corrected chi connectivity index (χ1v) is 13.0. The average Bonchev–Trinajstić information content (AvgIpc) is 3.26. The molecule has 0 spiro atoms. The Bertz CT molecular complexity index is 1780. The number of nitrogens with zero attached hydrogens (tertiary/aromatic N) is 2. The summed E-state index contributed by atoms with van der Waals surface area (Å²) in [6.07, 6.45) is 7.03. The van der Waals surface area contributed by atoms with Crippen LogP contribution in [0, 0.1) is 18.2 Å². The molecule has 0 aliphatic carbocycles. The molecule has 1 aromatic heterocycles. The minimum Gasteiger partial charge on any atom is -0.481 e. The van der Waals surface area contributed by atoms with E-state index in [0.29, 0.717) is 31.9 Å². The SMILES string of the molecule is C#CCOc1cccc(/C=c2\sc3n(c2=O)[C@@H](c2ccc(F)cc2)C(C(=O)OCC)=C(c2ccccc2)N=3)c1. The summed E-state index contributed by atoms with van der Waals surface area (Å²) in [5, 5.41) is 0. The number of aromatic nitrogens is 1. The van der Waals surface area contributed by atoms with Gasteiger partial charge < -0.3 is 9.47 Å². The van der Waals surface area contributed by atoms with Crippen LogP contribution in [0.1, 0.15) is 29.7 Å².